The molecule has 18 heavy (non-hydrogen) atoms. The highest BCUT2D eigenvalue weighted by molar-refractivity contribution is 5.54. The minimum Gasteiger partial charge on any atom is -0.383 e. The number of nitrogen functional groups attached to an aromatic ring is 1. The molecule has 1 aromatic heterocycles. The summed E-state index contributed by atoms with van der Waals surface area (Å²) in [6, 6.07) is 3.12. The van der Waals surface area contributed by atoms with Gasteiger partial charge < -0.3 is 10.6 Å². The van der Waals surface area contributed by atoms with Crippen molar-refractivity contribution in [2.24, 2.45) is 5.92 Å². The summed E-state index contributed by atoms with van der Waals surface area (Å²) in [5.74, 6) is 1.37. The zero-order valence-corrected chi connectivity index (χ0v) is 10.7. The number of nitro groups is 1. The molecule has 1 aliphatic rings. The van der Waals surface area contributed by atoms with Crippen LogP contribution in [0, 0.1) is 16.0 Å². The summed E-state index contributed by atoms with van der Waals surface area (Å²) >= 11 is 0. The molecule has 6 heteroatoms. The van der Waals surface area contributed by atoms with Crippen molar-refractivity contribution >= 4 is 17.3 Å². The van der Waals surface area contributed by atoms with E-state index in [0.29, 0.717) is 17.8 Å². The van der Waals surface area contributed by atoms with Gasteiger partial charge >= 0.3 is 0 Å². The van der Waals surface area contributed by atoms with Gasteiger partial charge in [0.1, 0.15) is 11.6 Å². The highest BCUT2D eigenvalue weighted by Crippen LogP contribution is 2.29. The summed E-state index contributed by atoms with van der Waals surface area (Å²) in [7, 11) is 0. The monoisotopic (exact) mass is 250 g/mol. The Hall–Kier alpha value is -1.85. The Bertz CT molecular complexity index is 463. The summed E-state index contributed by atoms with van der Waals surface area (Å²) < 4.78 is 0. The molecule has 2 unspecified atom stereocenters. The van der Waals surface area contributed by atoms with Crippen molar-refractivity contribution in [1.29, 1.82) is 0 Å². The summed E-state index contributed by atoms with van der Waals surface area (Å²) in [5.41, 5.74) is 5.64. The Labute approximate surface area is 106 Å². The van der Waals surface area contributed by atoms with Crippen molar-refractivity contribution in [2.75, 3.05) is 17.2 Å². The van der Waals surface area contributed by atoms with Gasteiger partial charge in [0.05, 0.1) is 17.1 Å². The van der Waals surface area contributed by atoms with Gasteiger partial charge in [0.2, 0.25) is 0 Å². The molecule has 1 saturated heterocycles. The maximum Gasteiger partial charge on any atom is 0.276 e. The van der Waals surface area contributed by atoms with Crippen molar-refractivity contribution in [1.82, 2.24) is 4.98 Å². The van der Waals surface area contributed by atoms with Crippen molar-refractivity contribution in [3.63, 3.8) is 0 Å². The van der Waals surface area contributed by atoms with E-state index < -0.39 is 4.92 Å². The smallest absolute Gasteiger partial charge is 0.276 e. The molecule has 0 bridgehead atoms. The standard InChI is InChI=1S/C12H18N4O2/c1-8-4-3-5-15(9(8)2)12-7-10(16(17)18)6-11(13)14-12/h6-9H,3-5H2,1-2H3,(H2,13,14). The van der Waals surface area contributed by atoms with Crippen LogP contribution in [0.4, 0.5) is 17.3 Å². The number of rotatable bonds is 2. The van der Waals surface area contributed by atoms with Crippen LogP contribution in [0.3, 0.4) is 0 Å². The number of nitrogens with zero attached hydrogens (tertiary/aromatic N) is 3. The van der Waals surface area contributed by atoms with Crippen LogP contribution in [-0.2, 0) is 0 Å². The number of hydrogen-bond donors (Lipinski definition) is 1. The zero-order chi connectivity index (χ0) is 13.3. The largest absolute Gasteiger partial charge is 0.383 e. The number of piperidine rings is 1. The average molecular weight is 250 g/mol. The molecule has 0 aliphatic carbocycles. The molecule has 1 fully saturated rings. The van der Waals surface area contributed by atoms with E-state index in [0.717, 1.165) is 13.0 Å². The predicted octanol–water partition coefficient (Wildman–Crippen LogP) is 2.20. The molecule has 0 spiro atoms. The van der Waals surface area contributed by atoms with Gasteiger partial charge in [-0.15, -0.1) is 0 Å². The first kappa shape index (κ1) is 12.6. The van der Waals surface area contributed by atoms with E-state index in [2.05, 4.69) is 23.7 Å². The molecule has 98 valence electrons. The van der Waals surface area contributed by atoms with Crippen molar-refractivity contribution in [3.05, 3.63) is 22.2 Å². The molecule has 2 atom stereocenters. The Morgan fingerprint density at radius 1 is 1.50 bits per heavy atom. The van der Waals surface area contributed by atoms with Crippen LogP contribution in [0.25, 0.3) is 0 Å². The molecule has 0 aromatic carbocycles. The third-order valence-corrected chi connectivity index (χ3v) is 3.70. The molecule has 1 aliphatic heterocycles. The maximum absolute atomic E-state index is 10.8. The molecule has 2 rings (SSSR count). The minimum atomic E-state index is -0.431. The number of nitrogens with two attached hydrogens (primary N) is 1. The minimum absolute atomic E-state index is 0.00271. The molecule has 2 heterocycles. The Morgan fingerprint density at radius 2 is 2.22 bits per heavy atom. The fraction of sp³-hybridized carbons (Fsp3) is 0.583. The Kier molecular flexibility index (Phi) is 3.36. The van der Waals surface area contributed by atoms with E-state index in [1.165, 1.54) is 18.6 Å². The lowest BCUT2D eigenvalue weighted by Crippen LogP contribution is -2.43. The molecule has 0 radical (unpaired) electrons. The summed E-state index contributed by atoms with van der Waals surface area (Å²) in [5, 5.41) is 10.8. The molecule has 2 N–H and O–H groups in total. The van der Waals surface area contributed by atoms with Crippen LogP contribution in [0.2, 0.25) is 0 Å². The third kappa shape index (κ3) is 2.37. The maximum atomic E-state index is 10.8. The highest BCUT2D eigenvalue weighted by Gasteiger charge is 2.27. The normalized spacial score (nSPS) is 24.0. The fourth-order valence-electron chi connectivity index (χ4n) is 2.43. The lowest BCUT2D eigenvalue weighted by atomic mass is 9.92. The lowest BCUT2D eigenvalue weighted by molar-refractivity contribution is -0.384. The van der Waals surface area contributed by atoms with Crippen molar-refractivity contribution in [2.45, 2.75) is 32.7 Å². The van der Waals surface area contributed by atoms with E-state index in [9.17, 15) is 10.1 Å². The first-order valence-corrected chi connectivity index (χ1v) is 6.17. The summed E-state index contributed by atoms with van der Waals surface area (Å²) in [6.07, 6.45) is 2.26. The first-order chi connectivity index (χ1) is 8.49. The molecular formula is C12H18N4O2. The number of aromatic nitrogens is 1. The van der Waals surface area contributed by atoms with Gasteiger partial charge in [-0.05, 0) is 25.7 Å². The number of anilines is 2. The zero-order valence-electron chi connectivity index (χ0n) is 10.7. The second-order valence-electron chi connectivity index (χ2n) is 4.92. The van der Waals surface area contributed by atoms with E-state index >= 15 is 0 Å². The van der Waals surface area contributed by atoms with Crippen LogP contribution in [0.15, 0.2) is 12.1 Å². The number of pyridine rings is 1. The van der Waals surface area contributed by atoms with Gasteiger partial charge in [0.15, 0.2) is 0 Å². The van der Waals surface area contributed by atoms with E-state index in [1.54, 1.807) is 0 Å². The molecule has 1 aromatic rings. The average Bonchev–Trinajstić information content (AvgIpc) is 2.31. The molecule has 6 nitrogen and oxygen atoms in total. The van der Waals surface area contributed by atoms with Gasteiger partial charge in [-0.25, -0.2) is 4.98 Å². The second kappa shape index (κ2) is 4.80. The van der Waals surface area contributed by atoms with E-state index in [-0.39, 0.29) is 11.5 Å². The van der Waals surface area contributed by atoms with Crippen LogP contribution in [0.5, 0.6) is 0 Å². The second-order valence-corrected chi connectivity index (χ2v) is 4.92. The lowest BCUT2D eigenvalue weighted by Gasteiger charge is -2.38. The van der Waals surface area contributed by atoms with Gasteiger partial charge in [-0.1, -0.05) is 6.92 Å². The summed E-state index contributed by atoms with van der Waals surface area (Å²) in [4.78, 5) is 16.7. The molecule has 0 saturated carbocycles. The molecular weight excluding hydrogens is 232 g/mol. The van der Waals surface area contributed by atoms with Crippen molar-refractivity contribution in [3.8, 4) is 0 Å². The van der Waals surface area contributed by atoms with Crippen LogP contribution >= 0.6 is 0 Å². The quantitative estimate of drug-likeness (QED) is 0.642. The highest BCUT2D eigenvalue weighted by atomic mass is 16.6. The Balaban J connectivity index is 2.35. The van der Waals surface area contributed by atoms with Gasteiger partial charge in [0.25, 0.3) is 5.69 Å². The topological polar surface area (TPSA) is 85.3 Å². The van der Waals surface area contributed by atoms with E-state index in [1.807, 2.05) is 0 Å². The van der Waals surface area contributed by atoms with Crippen molar-refractivity contribution < 1.29 is 4.92 Å². The third-order valence-electron chi connectivity index (χ3n) is 3.70. The fourth-order valence-corrected chi connectivity index (χ4v) is 2.43. The SMILES string of the molecule is CC1CCCN(c2cc([N+](=O)[O-])cc(N)n2)C1C. The number of hydrogen-bond acceptors (Lipinski definition) is 5. The first-order valence-electron chi connectivity index (χ1n) is 6.17. The molecule has 0 amide bonds. The Morgan fingerprint density at radius 3 is 2.89 bits per heavy atom. The van der Waals surface area contributed by atoms with E-state index in [4.69, 9.17) is 5.73 Å². The van der Waals surface area contributed by atoms with Crippen LogP contribution in [-0.4, -0.2) is 22.5 Å². The van der Waals surface area contributed by atoms with Gasteiger partial charge in [0, 0.05) is 12.6 Å². The predicted molar refractivity (Wildman–Crippen MR) is 70.5 cm³/mol. The van der Waals surface area contributed by atoms with Crippen LogP contribution < -0.4 is 10.6 Å². The van der Waals surface area contributed by atoms with Crippen LogP contribution in [0.1, 0.15) is 26.7 Å². The van der Waals surface area contributed by atoms with Gasteiger partial charge in [-0.3, -0.25) is 10.1 Å². The summed E-state index contributed by atoms with van der Waals surface area (Å²) in [6.45, 7) is 5.19. The van der Waals surface area contributed by atoms with Gasteiger partial charge in [-0.2, -0.15) is 0 Å².